The lowest BCUT2D eigenvalue weighted by atomic mass is 9.96. The third-order valence-corrected chi connectivity index (χ3v) is 7.22. The smallest absolute Gasteiger partial charge is 0.252 e. The van der Waals surface area contributed by atoms with E-state index in [4.69, 9.17) is 4.74 Å². The summed E-state index contributed by atoms with van der Waals surface area (Å²) in [4.78, 5) is 0. The fraction of sp³-hybridized carbons (Fsp3) is 0.471. The quantitative estimate of drug-likeness (QED) is 0.118. The summed E-state index contributed by atoms with van der Waals surface area (Å²) in [5, 5.41) is 0. The molecule has 6 heteroatoms. The Hall–Kier alpha value is -2.89. The van der Waals surface area contributed by atoms with E-state index in [1.54, 1.807) is 6.07 Å². The SMILES string of the molecule is CCCCCCCCOc1ccc(-c2ccc(-c3ccc(CC(F)(F)CCCCCC)c(F)c3F)c(F)c2)cc1. The molecule has 1 nitrogen and oxygen atoms in total. The largest absolute Gasteiger partial charge is 0.494 e. The maximum atomic E-state index is 15.1. The molecule has 218 valence electrons. The number of halogens is 5. The monoisotopic (exact) mass is 560 g/mol. The molecule has 0 unspecified atom stereocenters. The number of alkyl halides is 2. The zero-order chi connectivity index (χ0) is 29.0. The van der Waals surface area contributed by atoms with E-state index in [2.05, 4.69) is 6.92 Å². The molecule has 0 fully saturated rings. The van der Waals surface area contributed by atoms with Gasteiger partial charge < -0.3 is 4.74 Å². The van der Waals surface area contributed by atoms with Gasteiger partial charge in [-0.2, -0.15) is 0 Å². The van der Waals surface area contributed by atoms with Gasteiger partial charge in [0, 0.05) is 24.0 Å². The Morgan fingerprint density at radius 1 is 0.625 bits per heavy atom. The van der Waals surface area contributed by atoms with Crippen LogP contribution >= 0.6 is 0 Å². The highest BCUT2D eigenvalue weighted by molar-refractivity contribution is 5.72. The molecule has 0 N–H and O–H groups in total. The second-order valence-corrected chi connectivity index (χ2v) is 10.6. The van der Waals surface area contributed by atoms with Crippen molar-refractivity contribution in [1.29, 1.82) is 0 Å². The van der Waals surface area contributed by atoms with Crippen molar-refractivity contribution in [2.75, 3.05) is 6.61 Å². The number of rotatable bonds is 17. The molecule has 0 amide bonds. The Morgan fingerprint density at radius 3 is 1.90 bits per heavy atom. The molecule has 0 aliphatic heterocycles. The first-order chi connectivity index (χ1) is 19.3. The molecule has 0 aliphatic carbocycles. The van der Waals surface area contributed by atoms with Crippen molar-refractivity contribution in [3.05, 3.63) is 77.6 Å². The van der Waals surface area contributed by atoms with Crippen LogP contribution in [0.15, 0.2) is 54.6 Å². The second-order valence-electron chi connectivity index (χ2n) is 10.6. The van der Waals surface area contributed by atoms with Crippen LogP contribution in [0.1, 0.15) is 90.0 Å². The van der Waals surface area contributed by atoms with Crippen molar-refractivity contribution >= 4 is 0 Å². The first kappa shape index (κ1) is 31.6. The summed E-state index contributed by atoms with van der Waals surface area (Å²) in [5.41, 5.74) is 0.494. The van der Waals surface area contributed by atoms with Gasteiger partial charge in [-0.05, 0) is 47.7 Å². The van der Waals surface area contributed by atoms with Gasteiger partial charge in [-0.25, -0.2) is 22.0 Å². The van der Waals surface area contributed by atoms with Crippen molar-refractivity contribution in [2.45, 2.75) is 96.8 Å². The number of hydrogen-bond acceptors (Lipinski definition) is 1. The Bertz CT molecular complexity index is 1190. The first-order valence-electron chi connectivity index (χ1n) is 14.6. The molecular formula is C34H41F5O. The summed E-state index contributed by atoms with van der Waals surface area (Å²) in [5.74, 6) is -5.81. The van der Waals surface area contributed by atoms with Gasteiger partial charge in [-0.1, -0.05) is 102 Å². The zero-order valence-electron chi connectivity index (χ0n) is 23.7. The van der Waals surface area contributed by atoms with Gasteiger partial charge in [0.15, 0.2) is 11.6 Å². The van der Waals surface area contributed by atoms with Gasteiger partial charge >= 0.3 is 0 Å². The fourth-order valence-corrected chi connectivity index (χ4v) is 4.84. The maximum absolute atomic E-state index is 15.1. The molecular weight excluding hydrogens is 519 g/mol. The minimum atomic E-state index is -3.13. The van der Waals surface area contributed by atoms with Crippen LogP contribution in [0.5, 0.6) is 5.75 Å². The zero-order valence-corrected chi connectivity index (χ0v) is 23.7. The minimum absolute atomic E-state index is 0.128. The molecule has 3 rings (SSSR count). The summed E-state index contributed by atoms with van der Waals surface area (Å²) in [6.45, 7) is 4.82. The molecule has 0 saturated heterocycles. The van der Waals surface area contributed by atoms with Crippen LogP contribution < -0.4 is 4.74 Å². The summed E-state index contributed by atoms with van der Waals surface area (Å²) in [6, 6.07) is 13.9. The van der Waals surface area contributed by atoms with Gasteiger partial charge in [-0.15, -0.1) is 0 Å². The summed E-state index contributed by atoms with van der Waals surface area (Å²) >= 11 is 0. The van der Waals surface area contributed by atoms with Gasteiger partial charge in [0.25, 0.3) is 5.92 Å². The third-order valence-electron chi connectivity index (χ3n) is 7.22. The molecule has 0 bridgehead atoms. The van der Waals surface area contributed by atoms with Crippen LogP contribution in [0, 0.1) is 17.5 Å². The highest BCUT2D eigenvalue weighted by atomic mass is 19.3. The van der Waals surface area contributed by atoms with E-state index >= 15 is 4.39 Å². The lowest BCUT2D eigenvalue weighted by Gasteiger charge is -2.18. The Labute approximate surface area is 235 Å². The van der Waals surface area contributed by atoms with Gasteiger partial charge in [-0.3, -0.25) is 0 Å². The van der Waals surface area contributed by atoms with Crippen LogP contribution in [-0.4, -0.2) is 12.5 Å². The lowest BCUT2D eigenvalue weighted by Crippen LogP contribution is -2.20. The van der Waals surface area contributed by atoms with Gasteiger partial charge in [0.2, 0.25) is 0 Å². The third kappa shape index (κ3) is 9.35. The average molecular weight is 561 g/mol. The van der Waals surface area contributed by atoms with E-state index in [1.165, 1.54) is 43.9 Å². The molecule has 3 aromatic rings. The molecule has 0 aromatic heterocycles. The highest BCUT2D eigenvalue weighted by Gasteiger charge is 2.31. The van der Waals surface area contributed by atoms with Crippen LogP contribution in [0.2, 0.25) is 0 Å². The molecule has 0 saturated carbocycles. The molecule has 3 aromatic carbocycles. The molecule has 0 atom stereocenters. The highest BCUT2D eigenvalue weighted by Crippen LogP contribution is 2.34. The van der Waals surface area contributed by atoms with E-state index in [1.807, 2.05) is 31.2 Å². The molecule has 0 spiro atoms. The number of ether oxygens (including phenoxy) is 1. The van der Waals surface area contributed by atoms with E-state index in [0.29, 0.717) is 25.0 Å². The Kier molecular flexibility index (Phi) is 12.5. The van der Waals surface area contributed by atoms with E-state index in [0.717, 1.165) is 43.1 Å². The van der Waals surface area contributed by atoms with Gasteiger partial charge in [0.1, 0.15) is 11.6 Å². The fourth-order valence-electron chi connectivity index (χ4n) is 4.84. The number of hydrogen-bond donors (Lipinski definition) is 0. The van der Waals surface area contributed by atoms with E-state index in [9.17, 15) is 17.6 Å². The van der Waals surface area contributed by atoms with Crippen molar-refractivity contribution in [1.82, 2.24) is 0 Å². The normalized spacial score (nSPS) is 11.7. The Morgan fingerprint density at radius 2 is 1.23 bits per heavy atom. The maximum Gasteiger partial charge on any atom is 0.252 e. The molecule has 40 heavy (non-hydrogen) atoms. The second kappa shape index (κ2) is 15.8. The lowest BCUT2D eigenvalue weighted by molar-refractivity contribution is -0.0103. The van der Waals surface area contributed by atoms with Gasteiger partial charge in [0.05, 0.1) is 6.61 Å². The summed E-state index contributed by atoms with van der Waals surface area (Å²) < 4.78 is 79.2. The van der Waals surface area contributed by atoms with E-state index < -0.39 is 35.4 Å². The standard InChI is InChI=1S/C34H41F5O/c1-3-5-7-9-10-12-22-40-28-17-13-25(14-18-28)26-15-19-29(31(35)23-26)30-20-16-27(32(36)33(30)37)24-34(38,39)21-11-8-6-4-2/h13-20,23H,3-12,21-22,24H2,1-2H3. The molecule has 0 radical (unpaired) electrons. The average Bonchev–Trinajstić information content (AvgIpc) is 2.94. The topological polar surface area (TPSA) is 9.23 Å². The van der Waals surface area contributed by atoms with Crippen LogP contribution in [0.4, 0.5) is 22.0 Å². The van der Waals surface area contributed by atoms with Crippen LogP contribution in [0.3, 0.4) is 0 Å². The minimum Gasteiger partial charge on any atom is -0.494 e. The van der Waals surface area contributed by atoms with Crippen molar-refractivity contribution in [3.63, 3.8) is 0 Å². The summed E-state index contributed by atoms with van der Waals surface area (Å²) in [6.07, 6.45) is 8.62. The Balaban J connectivity index is 1.64. The van der Waals surface area contributed by atoms with Crippen LogP contribution in [-0.2, 0) is 6.42 Å². The van der Waals surface area contributed by atoms with E-state index in [-0.39, 0.29) is 17.5 Å². The first-order valence-corrected chi connectivity index (χ1v) is 14.6. The predicted molar refractivity (Wildman–Crippen MR) is 153 cm³/mol. The van der Waals surface area contributed by atoms with Crippen molar-refractivity contribution in [3.8, 4) is 28.0 Å². The van der Waals surface area contributed by atoms with Crippen molar-refractivity contribution < 1.29 is 26.7 Å². The number of benzene rings is 3. The molecule has 0 aliphatic rings. The van der Waals surface area contributed by atoms with Crippen molar-refractivity contribution in [2.24, 2.45) is 0 Å². The predicted octanol–water partition coefficient (Wildman–Crippen LogP) is 11.3. The summed E-state index contributed by atoms with van der Waals surface area (Å²) in [7, 11) is 0. The van der Waals surface area contributed by atoms with Crippen LogP contribution in [0.25, 0.3) is 22.3 Å². The molecule has 0 heterocycles. The number of unbranched alkanes of at least 4 members (excludes halogenated alkanes) is 8.